The van der Waals surface area contributed by atoms with Gasteiger partial charge in [-0.05, 0) is 68.6 Å². The third kappa shape index (κ3) is 2.21. The highest BCUT2D eigenvalue weighted by atomic mass is 16.2. The van der Waals surface area contributed by atoms with Crippen LogP contribution in [0.4, 0.5) is 0 Å². The van der Waals surface area contributed by atoms with Crippen LogP contribution in [0.2, 0.25) is 0 Å². The minimum absolute atomic E-state index is 0.00521. The molecule has 5 aliphatic carbocycles. The molecule has 0 saturated heterocycles. The Balaban J connectivity index is 1.37. The molecule has 0 aromatic rings. The first kappa shape index (κ1) is 11.9. The maximum absolute atomic E-state index is 12.0. The lowest BCUT2D eigenvalue weighted by molar-refractivity contribution is -0.131. The molecule has 0 radical (unpaired) electrons. The van der Waals surface area contributed by atoms with Crippen LogP contribution in [-0.2, 0) is 9.59 Å². The first-order valence-corrected chi connectivity index (χ1v) is 8.01. The van der Waals surface area contributed by atoms with Crippen molar-refractivity contribution in [3.63, 3.8) is 0 Å². The molecule has 0 aromatic heterocycles. The Labute approximate surface area is 114 Å². The molecule has 0 aromatic carbocycles. The van der Waals surface area contributed by atoms with Crippen molar-refractivity contribution in [2.24, 2.45) is 29.6 Å². The van der Waals surface area contributed by atoms with Gasteiger partial charge in [0.05, 0.1) is 6.42 Å². The van der Waals surface area contributed by atoms with E-state index in [1.807, 2.05) is 0 Å². The second-order valence-corrected chi connectivity index (χ2v) is 7.44. The second kappa shape index (κ2) is 4.32. The van der Waals surface area contributed by atoms with Crippen molar-refractivity contribution in [2.75, 3.05) is 0 Å². The summed E-state index contributed by atoms with van der Waals surface area (Å²) in [5.41, 5.74) is 0. The zero-order chi connectivity index (χ0) is 13.0. The largest absolute Gasteiger partial charge is 0.352 e. The van der Waals surface area contributed by atoms with Gasteiger partial charge in [-0.2, -0.15) is 0 Å². The van der Waals surface area contributed by atoms with E-state index in [-0.39, 0.29) is 24.0 Å². The van der Waals surface area contributed by atoms with E-state index >= 15 is 0 Å². The third-order valence-corrected chi connectivity index (χ3v) is 5.92. The zero-order valence-corrected chi connectivity index (χ0v) is 11.4. The summed E-state index contributed by atoms with van der Waals surface area (Å²) in [6.07, 6.45) is 8.83. The highest BCUT2D eigenvalue weighted by Crippen LogP contribution is 2.53. The Morgan fingerprint density at radius 1 is 0.895 bits per heavy atom. The van der Waals surface area contributed by atoms with Crippen LogP contribution in [0.1, 0.15) is 51.4 Å². The summed E-state index contributed by atoms with van der Waals surface area (Å²) in [4.78, 5) is 23.7. The predicted molar refractivity (Wildman–Crippen MR) is 71.3 cm³/mol. The zero-order valence-electron chi connectivity index (χ0n) is 11.4. The van der Waals surface area contributed by atoms with Gasteiger partial charge < -0.3 is 5.32 Å². The van der Waals surface area contributed by atoms with E-state index in [1.165, 1.54) is 32.1 Å². The smallest absolute Gasteiger partial charge is 0.227 e. The monoisotopic (exact) mass is 261 g/mol. The Kier molecular flexibility index (Phi) is 2.71. The highest BCUT2D eigenvalue weighted by Gasteiger charge is 2.48. The molecule has 0 heterocycles. The molecule has 1 N–H and O–H groups in total. The second-order valence-electron chi connectivity index (χ2n) is 7.44. The molecule has 5 rings (SSSR count). The molecule has 5 fully saturated rings. The fraction of sp³-hybridized carbons (Fsp3) is 0.875. The molecule has 5 aliphatic rings. The lowest BCUT2D eigenvalue weighted by atomic mass is 9.54. The number of rotatable bonds is 4. The van der Waals surface area contributed by atoms with Crippen LogP contribution in [0, 0.1) is 29.6 Å². The van der Waals surface area contributed by atoms with E-state index in [1.54, 1.807) is 0 Å². The topological polar surface area (TPSA) is 46.2 Å². The van der Waals surface area contributed by atoms with Gasteiger partial charge in [0.15, 0.2) is 0 Å². The minimum atomic E-state index is -0.00521. The molecule has 4 bridgehead atoms. The maximum atomic E-state index is 12.0. The molecular weight excluding hydrogens is 238 g/mol. The summed E-state index contributed by atoms with van der Waals surface area (Å²) in [5.74, 6) is 3.65. The molecule has 0 atom stereocenters. The van der Waals surface area contributed by atoms with Gasteiger partial charge in [-0.1, -0.05) is 0 Å². The van der Waals surface area contributed by atoms with Crippen LogP contribution in [0.15, 0.2) is 0 Å². The summed E-state index contributed by atoms with van der Waals surface area (Å²) in [6.45, 7) is 0. The average molecular weight is 261 g/mol. The van der Waals surface area contributed by atoms with Crippen molar-refractivity contribution >= 4 is 11.7 Å². The number of hydrogen-bond donors (Lipinski definition) is 1. The normalized spacial score (nSPS) is 43.3. The SMILES string of the molecule is O=C(CC(=O)C1CC1)NC1C2CC3CC(C2)CC1C3. The molecule has 0 spiro atoms. The van der Waals surface area contributed by atoms with Crippen molar-refractivity contribution in [3.8, 4) is 0 Å². The average Bonchev–Trinajstić information content (AvgIpc) is 3.16. The third-order valence-electron chi connectivity index (χ3n) is 5.92. The predicted octanol–water partition coefficient (Wildman–Crippen LogP) is 2.30. The van der Waals surface area contributed by atoms with Crippen molar-refractivity contribution in [1.29, 1.82) is 0 Å². The fourth-order valence-electron chi connectivity index (χ4n) is 5.11. The molecule has 0 aliphatic heterocycles. The van der Waals surface area contributed by atoms with Crippen molar-refractivity contribution in [3.05, 3.63) is 0 Å². The highest BCUT2D eigenvalue weighted by molar-refractivity contribution is 6.00. The van der Waals surface area contributed by atoms with Gasteiger partial charge in [0, 0.05) is 12.0 Å². The van der Waals surface area contributed by atoms with Crippen LogP contribution < -0.4 is 5.32 Å². The van der Waals surface area contributed by atoms with Gasteiger partial charge in [-0.25, -0.2) is 0 Å². The van der Waals surface area contributed by atoms with Crippen LogP contribution in [-0.4, -0.2) is 17.7 Å². The lowest BCUT2D eigenvalue weighted by Gasteiger charge is -2.54. The molecule has 19 heavy (non-hydrogen) atoms. The van der Waals surface area contributed by atoms with E-state index in [0.29, 0.717) is 17.9 Å². The van der Waals surface area contributed by atoms with Gasteiger partial charge in [-0.15, -0.1) is 0 Å². The number of Topliss-reactive ketones (excluding diaryl/α,β-unsaturated/α-hetero) is 1. The summed E-state index contributed by atoms with van der Waals surface area (Å²) < 4.78 is 0. The number of hydrogen-bond acceptors (Lipinski definition) is 2. The van der Waals surface area contributed by atoms with Gasteiger partial charge in [0.25, 0.3) is 0 Å². The van der Waals surface area contributed by atoms with Gasteiger partial charge in [0.2, 0.25) is 5.91 Å². The van der Waals surface area contributed by atoms with E-state index in [4.69, 9.17) is 0 Å². The van der Waals surface area contributed by atoms with Crippen LogP contribution in [0.25, 0.3) is 0 Å². The molecule has 3 nitrogen and oxygen atoms in total. The van der Waals surface area contributed by atoms with Gasteiger partial charge in [-0.3, -0.25) is 9.59 Å². The first-order valence-electron chi connectivity index (χ1n) is 8.01. The fourth-order valence-corrected chi connectivity index (χ4v) is 5.11. The molecule has 5 saturated carbocycles. The van der Waals surface area contributed by atoms with E-state index < -0.39 is 0 Å². The van der Waals surface area contributed by atoms with E-state index in [2.05, 4.69) is 5.32 Å². The molecule has 1 amide bonds. The van der Waals surface area contributed by atoms with Gasteiger partial charge in [0.1, 0.15) is 5.78 Å². The number of ketones is 1. The van der Waals surface area contributed by atoms with E-state index in [0.717, 1.165) is 24.7 Å². The Hall–Kier alpha value is -0.860. The molecular formula is C16H23NO2. The standard InChI is InChI=1S/C16H23NO2/c18-14(11-1-2-11)8-15(19)17-16-12-4-9-3-10(6-12)7-13(16)5-9/h9-13,16H,1-8H2,(H,17,19). The molecule has 104 valence electrons. The Morgan fingerprint density at radius 2 is 1.47 bits per heavy atom. The lowest BCUT2D eigenvalue weighted by Crippen LogP contribution is -2.56. The maximum Gasteiger partial charge on any atom is 0.227 e. The number of amides is 1. The molecule has 3 heteroatoms. The van der Waals surface area contributed by atoms with Crippen LogP contribution in [0.5, 0.6) is 0 Å². The van der Waals surface area contributed by atoms with Crippen molar-refractivity contribution in [1.82, 2.24) is 5.32 Å². The Bertz CT molecular complexity index is 385. The molecule has 0 unspecified atom stereocenters. The Morgan fingerprint density at radius 3 is 2.00 bits per heavy atom. The number of carbonyl (C=O) groups is 2. The van der Waals surface area contributed by atoms with Gasteiger partial charge >= 0.3 is 0 Å². The van der Waals surface area contributed by atoms with Crippen LogP contribution >= 0.6 is 0 Å². The van der Waals surface area contributed by atoms with Crippen molar-refractivity contribution < 1.29 is 9.59 Å². The summed E-state index contributed by atoms with van der Waals surface area (Å²) in [5, 5.41) is 3.22. The summed E-state index contributed by atoms with van der Waals surface area (Å²) in [6, 6.07) is 0.382. The quantitative estimate of drug-likeness (QED) is 0.789. The number of carbonyl (C=O) groups excluding carboxylic acids is 2. The van der Waals surface area contributed by atoms with Crippen molar-refractivity contribution in [2.45, 2.75) is 57.4 Å². The van der Waals surface area contributed by atoms with E-state index in [9.17, 15) is 9.59 Å². The summed E-state index contributed by atoms with van der Waals surface area (Å²) in [7, 11) is 0. The van der Waals surface area contributed by atoms with Crippen LogP contribution in [0.3, 0.4) is 0 Å². The first-order chi connectivity index (χ1) is 9.19. The number of nitrogens with one attached hydrogen (secondary N) is 1. The minimum Gasteiger partial charge on any atom is -0.352 e. The summed E-state index contributed by atoms with van der Waals surface area (Å²) >= 11 is 0.